The lowest BCUT2D eigenvalue weighted by Gasteiger charge is -2.44. The van der Waals surface area contributed by atoms with Crippen LogP contribution in [0.3, 0.4) is 0 Å². The molecule has 0 saturated carbocycles. The van der Waals surface area contributed by atoms with E-state index in [1.54, 1.807) is 85.1 Å². The number of phenols is 1. The third-order valence-corrected chi connectivity index (χ3v) is 23.7. The predicted molar refractivity (Wildman–Crippen MR) is 364 cm³/mol. The van der Waals surface area contributed by atoms with Gasteiger partial charge >= 0.3 is 5.97 Å². The summed E-state index contributed by atoms with van der Waals surface area (Å²) in [4.78, 5) is 137. The molecule has 0 bridgehead atoms. The number of carboxylic acids is 1. The van der Waals surface area contributed by atoms with Crippen LogP contribution in [-0.4, -0.2) is 178 Å². The third kappa shape index (κ3) is 21.6. The summed E-state index contributed by atoms with van der Waals surface area (Å²) in [6, 6.07) is 15.5. The molecule has 10 atom stereocenters. The number of phenolic OH excluding ortho intramolecular Hbond substituents is 1. The van der Waals surface area contributed by atoms with Crippen molar-refractivity contribution in [2.24, 2.45) is 10.9 Å². The van der Waals surface area contributed by atoms with Gasteiger partial charge in [0.2, 0.25) is 41.4 Å². The Labute approximate surface area is 560 Å². The summed E-state index contributed by atoms with van der Waals surface area (Å²) in [5.41, 5.74) is 8.65. The van der Waals surface area contributed by atoms with Crippen molar-refractivity contribution in [1.29, 1.82) is 0 Å². The number of benzene rings is 4. The quantitative estimate of drug-likeness (QED) is 0.0112. The number of aliphatic hydroxyl groups excluding tert-OH is 2. The van der Waals surface area contributed by atoms with Gasteiger partial charge in [-0.25, -0.2) is 4.79 Å². The zero-order valence-corrected chi connectivity index (χ0v) is 57.0. The number of para-hydroxylation sites is 1. The molecule has 5 aromatic rings. The second kappa shape index (κ2) is 34.9. The van der Waals surface area contributed by atoms with Crippen molar-refractivity contribution in [3.05, 3.63) is 132 Å². The van der Waals surface area contributed by atoms with Crippen molar-refractivity contribution in [2.75, 3.05) is 24.7 Å². The predicted octanol–water partition coefficient (Wildman–Crippen LogP) is 2.92. The molecule has 1 aromatic heterocycles. The van der Waals surface area contributed by atoms with Crippen LogP contribution in [0, 0.1) is 0 Å². The number of halogens is 1. The number of hydrogen-bond donors (Lipinski definition) is 14. The molecule has 95 heavy (non-hydrogen) atoms. The van der Waals surface area contributed by atoms with E-state index < -0.39 is 145 Å². The molecule has 25 nitrogen and oxygen atoms in total. The van der Waals surface area contributed by atoms with E-state index in [9.17, 15) is 54.0 Å². The number of oxime groups is 1. The van der Waals surface area contributed by atoms with Gasteiger partial charge in [0.1, 0.15) is 48.0 Å². The summed E-state index contributed by atoms with van der Waals surface area (Å²) < 4.78 is 17.0. The molecule has 0 spiro atoms. The Morgan fingerprint density at radius 2 is 1.33 bits per heavy atom. The number of carbonyl (C=O) groups is 9. The Hall–Kier alpha value is -8.35. The minimum absolute atomic E-state index is 0.0616. The van der Waals surface area contributed by atoms with Gasteiger partial charge in [0.25, 0.3) is 14.3 Å². The molecular formula is C66H88FN11O14S2Si. The summed E-state index contributed by atoms with van der Waals surface area (Å²) in [7, 11) is -1.83. The molecule has 0 unspecified atom stereocenters. The zero-order chi connectivity index (χ0) is 69.8. The fraction of sp³-hybridized carbons (Fsp3) is 0.455. The highest BCUT2D eigenvalue weighted by Crippen LogP contribution is 2.51. The number of fused-ring (bicyclic) bond motifs is 1. The SMILES string of the molecule is C[C@H](O)[C@H](NC(=O)[C@@H]1CSSC[C@H](NC(=O)[C@@H](Cc2ccccc2)NC(=O)CO/N=C/c2ccc([Si]([19F])(C(C)(C)C)C(C)(C)C)cc2)C(=O)N[C@@H](Cc2ccc(O)cc2)C(=O)N[C@H](Cc2c[nH]c3ccccc23)C(=O)N[C@@H](CCCCN)C(=O)N[C@H]([C@@H](C)O)C(=O)N1)C(=O)O. The van der Waals surface area contributed by atoms with E-state index in [4.69, 9.17) is 10.6 Å². The first-order chi connectivity index (χ1) is 44.9. The number of carbonyl (C=O) groups excluding carboxylic acids is 8. The fourth-order valence-corrected chi connectivity index (χ4v) is 18.0. The summed E-state index contributed by atoms with van der Waals surface area (Å²) in [6.45, 7) is 13.2. The first-order valence-corrected chi connectivity index (χ1v) is 35.5. The number of aromatic hydroxyl groups is 1. The number of carboxylic acid groups (broad SMARTS) is 1. The molecule has 1 fully saturated rings. The number of nitrogens with zero attached hydrogens (tertiary/aromatic N) is 1. The summed E-state index contributed by atoms with van der Waals surface area (Å²) in [6.07, 6.45) is -0.280. The van der Waals surface area contributed by atoms with Crippen LogP contribution < -0.4 is 53.5 Å². The van der Waals surface area contributed by atoms with E-state index in [2.05, 4.69) is 52.7 Å². The van der Waals surface area contributed by atoms with Gasteiger partial charge in [0.15, 0.2) is 12.6 Å². The lowest BCUT2D eigenvalue weighted by molar-refractivity contribution is -0.145. The van der Waals surface area contributed by atoms with Crippen LogP contribution >= 0.6 is 21.6 Å². The average Bonchev–Trinajstić information content (AvgIpc) is 1.53. The van der Waals surface area contributed by atoms with Gasteiger partial charge in [0, 0.05) is 47.9 Å². The van der Waals surface area contributed by atoms with Gasteiger partial charge in [-0.2, -0.15) is 0 Å². The van der Waals surface area contributed by atoms with Crippen LogP contribution in [0.15, 0.2) is 114 Å². The standard InChI is InChI=1S/C66H88FN11O14S2Si/c1-38(79)55-63(89)76-53(62(88)78-56(39(2)80)64(90)91)37-94-93-36-52(75-58(84)49(30-40-16-10-9-11-17-40)71-54(82)35-92-70-33-42-23-27-45(28-24-42)95(67,65(3,4)5)66(6,7)8)61(87)73-50(31-41-21-25-44(81)26-22-41)59(85)74-51(32-43-34-69-47-19-13-12-18-46(43)47)60(86)72-48(57(83)77-55)20-14-15-29-68/h9-13,16-19,21-28,33-34,38-39,48-53,55-56,69,79-81H,14-15,20,29-32,35-37,68H2,1-8H3,(H,71,82)(H,72,86)(H,73,87)(H,74,85)(H,75,84)(H,76,89)(H,77,83)(H,78,88)(H,90,91)/b70-33+/t38-,39+,48+,49-,50+,51-,52+,53+,55-,56+/m1/s1/i67+0. The number of nitrogens with one attached hydrogen (secondary N) is 9. The molecule has 1 aliphatic heterocycles. The molecule has 6 rings (SSSR count). The lowest BCUT2D eigenvalue weighted by Crippen LogP contribution is -2.62. The number of aromatic amines is 1. The van der Waals surface area contributed by atoms with Crippen LogP contribution in [0.2, 0.25) is 10.1 Å². The number of aliphatic carboxylic acids is 1. The minimum Gasteiger partial charge on any atom is -0.508 e. The highest BCUT2D eigenvalue weighted by atomic mass is 33.1. The summed E-state index contributed by atoms with van der Waals surface area (Å²) >= 11 is 0. The van der Waals surface area contributed by atoms with Crippen LogP contribution in [-0.2, 0) is 67.3 Å². The maximum atomic E-state index is 17.0. The number of rotatable bonds is 23. The van der Waals surface area contributed by atoms with Crippen molar-refractivity contribution in [2.45, 2.75) is 165 Å². The van der Waals surface area contributed by atoms with Crippen molar-refractivity contribution < 1.29 is 72.5 Å². The van der Waals surface area contributed by atoms with E-state index in [0.717, 1.165) is 28.5 Å². The zero-order valence-electron chi connectivity index (χ0n) is 54.4. The number of unbranched alkanes of at least 4 members (excludes halogenated alkanes) is 1. The molecule has 4 aromatic carbocycles. The Morgan fingerprint density at radius 1 is 0.726 bits per heavy atom. The van der Waals surface area contributed by atoms with Gasteiger partial charge in [-0.05, 0) is 95.4 Å². The molecule has 1 saturated heterocycles. The smallest absolute Gasteiger partial charge is 0.328 e. The van der Waals surface area contributed by atoms with Crippen LogP contribution in [0.5, 0.6) is 5.75 Å². The van der Waals surface area contributed by atoms with E-state index >= 15 is 13.7 Å². The average molecular weight is 1370 g/mol. The Morgan fingerprint density at radius 3 is 1.95 bits per heavy atom. The minimum atomic E-state index is -3.56. The highest BCUT2D eigenvalue weighted by Gasteiger charge is 2.56. The van der Waals surface area contributed by atoms with E-state index in [1.165, 1.54) is 37.4 Å². The number of aromatic nitrogens is 1. The largest absolute Gasteiger partial charge is 0.508 e. The first-order valence-electron chi connectivity index (χ1n) is 31.2. The molecule has 15 N–H and O–H groups in total. The monoisotopic (exact) mass is 1370 g/mol. The number of amides is 8. The first kappa shape index (κ1) is 75.7. The molecule has 514 valence electrons. The lowest BCUT2D eigenvalue weighted by atomic mass is 10.0. The van der Waals surface area contributed by atoms with E-state index in [-0.39, 0.29) is 50.2 Å². The van der Waals surface area contributed by atoms with Gasteiger partial charge in [-0.3, -0.25) is 38.4 Å². The van der Waals surface area contributed by atoms with Crippen molar-refractivity contribution in [3.8, 4) is 5.75 Å². The number of H-pyrrole nitrogens is 1. The number of hydrogen-bond acceptors (Lipinski definition) is 17. The molecule has 8 amide bonds. The van der Waals surface area contributed by atoms with Crippen LogP contribution in [0.25, 0.3) is 10.9 Å². The second-order valence-electron chi connectivity index (χ2n) is 25.5. The molecular weight excluding hydrogens is 1280 g/mol. The molecule has 2 heterocycles. The van der Waals surface area contributed by atoms with Crippen molar-refractivity contribution >= 4 is 106 Å². The van der Waals surface area contributed by atoms with Crippen molar-refractivity contribution in [1.82, 2.24) is 47.5 Å². The van der Waals surface area contributed by atoms with E-state index in [1.807, 2.05) is 41.5 Å². The maximum Gasteiger partial charge on any atom is 0.328 e. The fourth-order valence-electron chi connectivity index (χ4n) is 11.1. The van der Waals surface area contributed by atoms with E-state index in [0.29, 0.717) is 44.8 Å². The maximum absolute atomic E-state index is 17.0. The molecule has 0 radical (unpaired) electrons. The Kier molecular flexibility index (Phi) is 27.8. The topological polar surface area (TPSA) is 394 Å². The second-order valence-corrected chi connectivity index (χ2v) is 32.9. The number of nitrogens with two attached hydrogens (primary N) is 1. The van der Waals surface area contributed by atoms with Crippen molar-refractivity contribution in [3.63, 3.8) is 0 Å². The number of aliphatic hydroxyl groups is 2. The van der Waals surface area contributed by atoms with Gasteiger partial charge < -0.3 is 82.6 Å². The Balaban J connectivity index is 1.37. The van der Waals surface area contributed by atoms with Crippen LogP contribution in [0.4, 0.5) is 4.11 Å². The van der Waals surface area contributed by atoms with Crippen LogP contribution in [0.1, 0.15) is 96.9 Å². The Bertz CT molecular complexity index is 3470. The normalized spacial score (nSPS) is 20.5. The summed E-state index contributed by atoms with van der Waals surface area (Å²) in [5.74, 6) is -10.2. The van der Waals surface area contributed by atoms with Gasteiger partial charge in [-0.15, -0.1) is 0 Å². The highest BCUT2D eigenvalue weighted by molar-refractivity contribution is 8.76. The molecule has 0 aliphatic carbocycles. The van der Waals surface area contributed by atoms with Gasteiger partial charge in [-0.1, -0.05) is 153 Å². The molecule has 1 aliphatic rings. The molecule has 29 heteroatoms. The third-order valence-electron chi connectivity index (χ3n) is 16.0. The summed E-state index contributed by atoms with van der Waals surface area (Å²) in [5, 5.41) is 66.3. The van der Waals surface area contributed by atoms with Gasteiger partial charge in [0.05, 0.1) is 18.4 Å².